The summed E-state index contributed by atoms with van der Waals surface area (Å²) >= 11 is 0. The van der Waals surface area contributed by atoms with Gasteiger partial charge >= 0.3 is 6.18 Å². The average Bonchev–Trinajstić information content (AvgIpc) is 3.42. The molecule has 12 nitrogen and oxygen atoms in total. The van der Waals surface area contributed by atoms with Gasteiger partial charge < -0.3 is 24.9 Å². The van der Waals surface area contributed by atoms with Gasteiger partial charge in [0.25, 0.3) is 0 Å². The van der Waals surface area contributed by atoms with Crippen LogP contribution in [0.2, 0.25) is 0 Å². The van der Waals surface area contributed by atoms with E-state index in [0.717, 1.165) is 18.8 Å². The number of carbonyl (C=O) groups excluding carboxylic acids is 2. The quantitative estimate of drug-likeness (QED) is 0.468. The third-order valence-corrected chi connectivity index (χ3v) is 9.14. The van der Waals surface area contributed by atoms with Crippen molar-refractivity contribution >= 4 is 34.8 Å². The van der Waals surface area contributed by atoms with E-state index in [1.54, 1.807) is 27.8 Å². The van der Waals surface area contributed by atoms with Crippen molar-refractivity contribution in [1.29, 1.82) is 0 Å². The summed E-state index contributed by atoms with van der Waals surface area (Å²) in [7, 11) is 2.04. The molecule has 4 fully saturated rings. The Kier molecular flexibility index (Phi) is 6.33. The van der Waals surface area contributed by atoms with Crippen molar-refractivity contribution in [2.24, 2.45) is 5.41 Å². The van der Waals surface area contributed by atoms with Gasteiger partial charge in [0.2, 0.25) is 17.8 Å². The van der Waals surface area contributed by atoms with E-state index in [-0.39, 0.29) is 37.4 Å². The molecule has 1 aliphatic carbocycles. The molecule has 2 atom stereocenters. The number of nitrogens with zero attached hydrogens (tertiary/aromatic N) is 9. The molecule has 2 unspecified atom stereocenters. The van der Waals surface area contributed by atoms with Crippen LogP contribution < -0.4 is 10.2 Å². The van der Waals surface area contributed by atoms with Crippen molar-refractivity contribution in [2.75, 3.05) is 56.5 Å². The lowest BCUT2D eigenvalue weighted by atomic mass is 10.0. The monoisotopic (exact) mass is 586 g/mol. The van der Waals surface area contributed by atoms with Crippen molar-refractivity contribution in [3.05, 3.63) is 30.7 Å². The topological polar surface area (TPSA) is 107 Å². The van der Waals surface area contributed by atoms with Crippen molar-refractivity contribution in [3.8, 4) is 0 Å². The number of alkyl halides is 3. The Morgan fingerprint density at radius 1 is 1.10 bits per heavy atom. The van der Waals surface area contributed by atoms with Crippen LogP contribution >= 0.6 is 0 Å². The highest BCUT2D eigenvalue weighted by Gasteiger charge is 2.70. The van der Waals surface area contributed by atoms with E-state index in [9.17, 15) is 22.8 Å². The van der Waals surface area contributed by atoms with Gasteiger partial charge in [-0.1, -0.05) is 0 Å². The standard InChI is InChI=1S/C27H33F3N10O2/c1-35-9-11-36(12-10-35)22(41)17-38-14-18(13-31-38)32-25-33-23-21(3-2-8-39(23)34-25)37-15-19-4-5-20(16-37)40(19)24(42)26(6-7-26)27(28,29)30/h2-3,8,13-14,19-20H,4-7,9-12,15-17H2,1H3,(H,32,34). The molecule has 15 heteroatoms. The number of aromatic nitrogens is 5. The Hall–Kier alpha value is -3.88. The highest BCUT2D eigenvalue weighted by Crippen LogP contribution is 2.59. The molecule has 3 aromatic rings. The van der Waals surface area contributed by atoms with E-state index in [1.807, 2.05) is 24.1 Å². The summed E-state index contributed by atoms with van der Waals surface area (Å²) in [6, 6.07) is 3.24. The van der Waals surface area contributed by atoms with Crippen molar-refractivity contribution < 1.29 is 22.8 Å². The van der Waals surface area contributed by atoms with Gasteiger partial charge in [0.05, 0.1) is 17.6 Å². The summed E-state index contributed by atoms with van der Waals surface area (Å²) in [5.41, 5.74) is -0.129. The minimum atomic E-state index is -4.51. The minimum Gasteiger partial charge on any atom is -0.364 e. The first kappa shape index (κ1) is 27.0. The molecule has 6 heterocycles. The number of hydrogen-bond donors (Lipinski definition) is 1. The average molecular weight is 587 g/mol. The maximum atomic E-state index is 13.7. The predicted octanol–water partition coefficient (Wildman–Crippen LogP) is 1.97. The zero-order valence-electron chi connectivity index (χ0n) is 23.3. The lowest BCUT2D eigenvalue weighted by Crippen LogP contribution is -2.59. The highest BCUT2D eigenvalue weighted by molar-refractivity contribution is 5.87. The van der Waals surface area contributed by atoms with E-state index in [1.165, 1.54) is 4.90 Å². The summed E-state index contributed by atoms with van der Waals surface area (Å²) in [6.45, 7) is 4.15. The number of piperazine rings is 2. The SMILES string of the molecule is CN1CCN(C(=O)Cn2cc(Nc3nc4c(N5CC6CCC(C5)N6C(=O)C5(C(F)(F)F)CC5)cccn4n3)cn2)CC1. The van der Waals surface area contributed by atoms with Crippen LogP contribution in [0.1, 0.15) is 25.7 Å². The Balaban J connectivity index is 1.04. The highest BCUT2D eigenvalue weighted by atomic mass is 19.4. The number of pyridine rings is 1. The van der Waals surface area contributed by atoms with Gasteiger partial charge in [-0.15, -0.1) is 5.10 Å². The molecule has 7 rings (SSSR count). The molecule has 2 amide bonds. The van der Waals surface area contributed by atoms with Crippen LogP contribution in [-0.4, -0.2) is 115 Å². The van der Waals surface area contributed by atoms with Gasteiger partial charge in [-0.05, 0) is 44.9 Å². The smallest absolute Gasteiger partial charge is 0.364 e. The van der Waals surface area contributed by atoms with Gasteiger partial charge in [0, 0.05) is 63.7 Å². The summed E-state index contributed by atoms with van der Waals surface area (Å²) in [5, 5.41) is 12.0. The predicted molar refractivity (Wildman–Crippen MR) is 146 cm³/mol. The van der Waals surface area contributed by atoms with Crippen LogP contribution in [0.5, 0.6) is 0 Å². The van der Waals surface area contributed by atoms with Crippen LogP contribution in [0, 0.1) is 5.41 Å². The van der Waals surface area contributed by atoms with Crippen LogP contribution in [-0.2, 0) is 16.1 Å². The summed E-state index contributed by atoms with van der Waals surface area (Å²) in [6.07, 6.45) is 1.77. The first-order valence-electron chi connectivity index (χ1n) is 14.4. The first-order valence-corrected chi connectivity index (χ1v) is 14.4. The van der Waals surface area contributed by atoms with Crippen molar-refractivity contribution in [3.63, 3.8) is 0 Å². The molecule has 224 valence electrons. The molecule has 3 aliphatic heterocycles. The zero-order valence-corrected chi connectivity index (χ0v) is 23.3. The van der Waals surface area contributed by atoms with Crippen molar-refractivity contribution in [2.45, 2.75) is 50.5 Å². The Labute approximate surface area is 240 Å². The number of halogens is 3. The van der Waals surface area contributed by atoms with E-state index >= 15 is 0 Å². The number of amides is 2. The lowest BCUT2D eigenvalue weighted by Gasteiger charge is -2.43. The van der Waals surface area contributed by atoms with Gasteiger partial charge in [-0.25, -0.2) is 4.52 Å². The van der Waals surface area contributed by atoms with Gasteiger partial charge in [-0.2, -0.15) is 23.3 Å². The first-order chi connectivity index (χ1) is 20.1. The molecule has 42 heavy (non-hydrogen) atoms. The summed E-state index contributed by atoms with van der Waals surface area (Å²) in [5.74, 6) is -0.375. The maximum absolute atomic E-state index is 13.7. The van der Waals surface area contributed by atoms with Crippen LogP contribution in [0.25, 0.3) is 5.65 Å². The molecule has 3 saturated heterocycles. The largest absolute Gasteiger partial charge is 0.403 e. The molecular weight excluding hydrogens is 553 g/mol. The van der Waals surface area contributed by atoms with Gasteiger partial charge in [0.15, 0.2) is 5.65 Å². The van der Waals surface area contributed by atoms with Crippen LogP contribution in [0.4, 0.5) is 30.5 Å². The maximum Gasteiger partial charge on any atom is 0.403 e. The van der Waals surface area contributed by atoms with E-state index < -0.39 is 17.5 Å². The minimum absolute atomic E-state index is 0.0229. The fraction of sp³-hybridized carbons (Fsp3) is 0.593. The molecule has 0 aromatic carbocycles. The second-order valence-electron chi connectivity index (χ2n) is 11.9. The summed E-state index contributed by atoms with van der Waals surface area (Å²) in [4.78, 5) is 38.1. The molecular formula is C27H33F3N10O2. The third kappa shape index (κ3) is 4.63. The molecule has 0 spiro atoms. The number of hydrogen-bond acceptors (Lipinski definition) is 8. The zero-order chi connectivity index (χ0) is 29.2. The third-order valence-electron chi connectivity index (χ3n) is 9.14. The second-order valence-corrected chi connectivity index (χ2v) is 11.9. The number of nitrogens with one attached hydrogen (secondary N) is 1. The Morgan fingerprint density at radius 2 is 1.81 bits per heavy atom. The number of rotatable bonds is 6. The van der Waals surface area contributed by atoms with E-state index in [2.05, 4.69) is 25.3 Å². The van der Waals surface area contributed by atoms with Crippen molar-refractivity contribution in [1.82, 2.24) is 39.1 Å². The molecule has 3 aromatic heterocycles. The lowest BCUT2D eigenvalue weighted by molar-refractivity contribution is -0.200. The Morgan fingerprint density at radius 3 is 2.48 bits per heavy atom. The summed E-state index contributed by atoms with van der Waals surface area (Å²) < 4.78 is 44.3. The number of carbonyl (C=O) groups is 2. The number of likely N-dealkylation sites (N-methyl/N-ethyl adjacent to an activating group) is 1. The molecule has 4 aliphatic rings. The fourth-order valence-corrected chi connectivity index (χ4v) is 6.55. The number of fused-ring (bicyclic) bond motifs is 3. The normalized spacial score (nSPS) is 24.0. The molecule has 0 radical (unpaired) electrons. The van der Waals surface area contributed by atoms with Gasteiger partial charge in [0.1, 0.15) is 12.0 Å². The molecule has 1 N–H and O–H groups in total. The Bertz CT molecular complexity index is 1490. The second kappa shape index (κ2) is 9.85. The molecule has 2 bridgehead atoms. The van der Waals surface area contributed by atoms with E-state index in [4.69, 9.17) is 4.98 Å². The van der Waals surface area contributed by atoms with Gasteiger partial charge in [-0.3, -0.25) is 14.3 Å². The van der Waals surface area contributed by atoms with Crippen LogP contribution in [0.3, 0.4) is 0 Å². The molecule has 1 saturated carbocycles. The fourth-order valence-electron chi connectivity index (χ4n) is 6.55. The number of anilines is 3. The van der Waals surface area contributed by atoms with Crippen LogP contribution in [0.15, 0.2) is 30.7 Å². The van der Waals surface area contributed by atoms with E-state index in [0.29, 0.717) is 56.3 Å².